The Morgan fingerprint density at radius 1 is 1.44 bits per heavy atom. The number of aliphatic hydroxyl groups is 1. The maximum absolute atomic E-state index is 12.0. The van der Waals surface area contributed by atoms with Crippen LogP contribution in [-0.4, -0.2) is 28.6 Å². The second-order valence-electron chi connectivity index (χ2n) is 4.07. The Morgan fingerprint density at radius 2 is 2.11 bits per heavy atom. The van der Waals surface area contributed by atoms with Gasteiger partial charge in [-0.1, -0.05) is 35.9 Å². The van der Waals surface area contributed by atoms with Crippen LogP contribution in [0.3, 0.4) is 0 Å². The molecule has 18 heavy (non-hydrogen) atoms. The van der Waals surface area contributed by atoms with Gasteiger partial charge in [0, 0.05) is 18.1 Å². The fourth-order valence-corrected chi connectivity index (χ4v) is 1.89. The van der Waals surface area contributed by atoms with Crippen LogP contribution >= 0.6 is 11.6 Å². The molecule has 0 unspecified atom stereocenters. The predicted molar refractivity (Wildman–Crippen MR) is 70.8 cm³/mol. The number of hydrogen-bond donors (Lipinski definition) is 2. The highest BCUT2D eigenvalue weighted by Crippen LogP contribution is 2.23. The summed E-state index contributed by atoms with van der Waals surface area (Å²) in [6, 6.07) is 7.31. The van der Waals surface area contributed by atoms with Gasteiger partial charge in [0.2, 0.25) is 0 Å². The lowest BCUT2D eigenvalue weighted by atomic mass is 10.1. The summed E-state index contributed by atoms with van der Waals surface area (Å²) >= 11 is 5.98. The van der Waals surface area contributed by atoms with E-state index in [1.54, 1.807) is 6.92 Å². The molecule has 94 valence electrons. The molecule has 0 aliphatic carbocycles. The van der Waals surface area contributed by atoms with Crippen LogP contribution in [-0.2, 0) is 0 Å². The Balaban J connectivity index is 2.39. The van der Waals surface area contributed by atoms with Crippen molar-refractivity contribution < 1.29 is 9.90 Å². The van der Waals surface area contributed by atoms with Crippen molar-refractivity contribution in [2.75, 3.05) is 6.54 Å². The first-order valence-electron chi connectivity index (χ1n) is 5.59. The van der Waals surface area contributed by atoms with Crippen LogP contribution in [0.5, 0.6) is 0 Å². The van der Waals surface area contributed by atoms with Crippen LogP contribution in [0.25, 0.3) is 10.8 Å². The Kier molecular flexibility index (Phi) is 3.79. The molecule has 0 aliphatic rings. The minimum absolute atomic E-state index is 0.204. The van der Waals surface area contributed by atoms with Gasteiger partial charge in [-0.3, -0.25) is 4.79 Å². The Morgan fingerprint density at radius 3 is 2.78 bits per heavy atom. The van der Waals surface area contributed by atoms with E-state index in [4.69, 9.17) is 16.7 Å². The van der Waals surface area contributed by atoms with Crippen LogP contribution in [0, 0.1) is 0 Å². The van der Waals surface area contributed by atoms with Crippen molar-refractivity contribution >= 4 is 28.3 Å². The van der Waals surface area contributed by atoms with Gasteiger partial charge in [-0.15, -0.1) is 0 Å². The zero-order chi connectivity index (χ0) is 13.1. The van der Waals surface area contributed by atoms with Gasteiger partial charge in [-0.2, -0.15) is 0 Å². The van der Waals surface area contributed by atoms with E-state index in [1.807, 2.05) is 24.3 Å². The normalized spacial score (nSPS) is 12.4. The fraction of sp³-hybridized carbons (Fsp3) is 0.231. The zero-order valence-electron chi connectivity index (χ0n) is 9.85. The molecule has 1 amide bonds. The van der Waals surface area contributed by atoms with Crippen LogP contribution in [0.4, 0.5) is 0 Å². The molecule has 0 saturated heterocycles. The van der Waals surface area contributed by atoms with E-state index in [1.165, 1.54) is 6.20 Å². The van der Waals surface area contributed by atoms with Crippen LogP contribution < -0.4 is 5.32 Å². The number of nitrogens with one attached hydrogen (secondary N) is 1. The van der Waals surface area contributed by atoms with Gasteiger partial charge < -0.3 is 10.4 Å². The Labute approximate surface area is 110 Å². The number of halogens is 1. The van der Waals surface area contributed by atoms with Gasteiger partial charge in [0.25, 0.3) is 5.91 Å². The smallest absolute Gasteiger partial charge is 0.253 e. The van der Waals surface area contributed by atoms with Crippen LogP contribution in [0.1, 0.15) is 17.3 Å². The van der Waals surface area contributed by atoms with Gasteiger partial charge in [-0.05, 0) is 12.3 Å². The van der Waals surface area contributed by atoms with Crippen molar-refractivity contribution in [2.24, 2.45) is 0 Å². The zero-order valence-corrected chi connectivity index (χ0v) is 10.6. The number of fused-ring (bicyclic) bond motifs is 1. The summed E-state index contributed by atoms with van der Waals surface area (Å²) in [6.45, 7) is 1.81. The van der Waals surface area contributed by atoms with Crippen molar-refractivity contribution in [3.8, 4) is 0 Å². The summed E-state index contributed by atoms with van der Waals surface area (Å²) in [6.07, 6.45) is 0.864. The number of benzene rings is 1. The summed E-state index contributed by atoms with van der Waals surface area (Å²) in [5.41, 5.74) is 0.454. The summed E-state index contributed by atoms with van der Waals surface area (Å²) in [5, 5.41) is 13.7. The van der Waals surface area contributed by atoms with Gasteiger partial charge >= 0.3 is 0 Å². The highest BCUT2D eigenvalue weighted by atomic mass is 35.5. The van der Waals surface area contributed by atoms with Gasteiger partial charge in [0.1, 0.15) is 5.15 Å². The molecular weight excluding hydrogens is 252 g/mol. The molecular formula is C13H13ClN2O2. The largest absolute Gasteiger partial charge is 0.392 e. The van der Waals surface area contributed by atoms with E-state index >= 15 is 0 Å². The lowest BCUT2D eigenvalue weighted by Gasteiger charge is -2.09. The number of nitrogens with zero attached hydrogens (tertiary/aromatic N) is 1. The lowest BCUT2D eigenvalue weighted by Crippen LogP contribution is -2.30. The molecule has 0 fully saturated rings. The third-order valence-electron chi connectivity index (χ3n) is 2.55. The highest BCUT2D eigenvalue weighted by molar-refractivity contribution is 6.34. The van der Waals surface area contributed by atoms with E-state index < -0.39 is 6.10 Å². The molecule has 1 aromatic heterocycles. The second kappa shape index (κ2) is 5.33. The molecule has 0 bridgehead atoms. The SMILES string of the molecule is C[C@H](O)CNC(=O)c1cnc(Cl)c2ccccc12. The molecule has 0 spiro atoms. The van der Waals surface area contributed by atoms with Crippen LogP contribution in [0.15, 0.2) is 30.5 Å². The molecule has 0 radical (unpaired) electrons. The average Bonchev–Trinajstić information content (AvgIpc) is 2.37. The lowest BCUT2D eigenvalue weighted by molar-refractivity contribution is 0.0925. The molecule has 0 saturated carbocycles. The molecule has 0 aliphatic heterocycles. The minimum Gasteiger partial charge on any atom is -0.392 e. The van der Waals surface area contributed by atoms with E-state index in [2.05, 4.69) is 10.3 Å². The van der Waals surface area contributed by atoms with Gasteiger partial charge in [0.05, 0.1) is 11.7 Å². The third-order valence-corrected chi connectivity index (χ3v) is 2.85. The van der Waals surface area contributed by atoms with E-state index in [-0.39, 0.29) is 12.5 Å². The minimum atomic E-state index is -0.583. The number of rotatable bonds is 3. The van der Waals surface area contributed by atoms with Crippen molar-refractivity contribution in [3.63, 3.8) is 0 Å². The first-order chi connectivity index (χ1) is 8.59. The number of aromatic nitrogens is 1. The first kappa shape index (κ1) is 12.8. The molecule has 2 rings (SSSR count). The standard InChI is InChI=1S/C13H13ClN2O2/c1-8(17)6-16-13(18)11-7-15-12(14)10-5-3-2-4-9(10)11/h2-5,7-8,17H,6H2,1H3,(H,16,18)/t8-/m0/s1. The summed E-state index contributed by atoms with van der Waals surface area (Å²) < 4.78 is 0. The first-order valence-corrected chi connectivity index (χ1v) is 5.97. The van der Waals surface area contributed by atoms with E-state index in [0.717, 1.165) is 10.8 Å². The van der Waals surface area contributed by atoms with Crippen molar-refractivity contribution in [3.05, 3.63) is 41.2 Å². The molecule has 1 aromatic carbocycles. The van der Waals surface area contributed by atoms with E-state index in [9.17, 15) is 4.79 Å². The molecule has 1 atom stereocenters. The number of amides is 1. The van der Waals surface area contributed by atoms with Gasteiger partial charge in [-0.25, -0.2) is 4.98 Å². The third kappa shape index (κ3) is 2.60. The quantitative estimate of drug-likeness (QED) is 0.834. The monoisotopic (exact) mass is 264 g/mol. The summed E-state index contributed by atoms with van der Waals surface area (Å²) in [4.78, 5) is 16.0. The molecule has 4 nitrogen and oxygen atoms in total. The van der Waals surface area contributed by atoms with E-state index in [0.29, 0.717) is 10.7 Å². The van der Waals surface area contributed by atoms with Gasteiger partial charge in [0.15, 0.2) is 0 Å². The highest BCUT2D eigenvalue weighted by Gasteiger charge is 2.12. The Hall–Kier alpha value is -1.65. The van der Waals surface area contributed by atoms with Crippen molar-refractivity contribution in [2.45, 2.75) is 13.0 Å². The number of carbonyl (C=O) groups is 1. The number of aliphatic hydroxyl groups excluding tert-OH is 1. The van der Waals surface area contributed by atoms with Crippen LogP contribution in [0.2, 0.25) is 5.15 Å². The molecule has 1 heterocycles. The number of carbonyl (C=O) groups excluding carboxylic acids is 1. The summed E-state index contributed by atoms with van der Waals surface area (Å²) in [5.74, 6) is -0.267. The average molecular weight is 265 g/mol. The van der Waals surface area contributed by atoms with Crippen molar-refractivity contribution in [1.29, 1.82) is 0 Å². The molecule has 2 aromatic rings. The predicted octanol–water partition coefficient (Wildman–Crippen LogP) is 2.00. The maximum atomic E-state index is 12.0. The summed E-state index contributed by atoms with van der Waals surface area (Å²) in [7, 11) is 0. The number of pyridine rings is 1. The maximum Gasteiger partial charge on any atom is 0.253 e. The van der Waals surface area contributed by atoms with Crippen molar-refractivity contribution in [1.82, 2.24) is 10.3 Å². The molecule has 2 N–H and O–H groups in total. The topological polar surface area (TPSA) is 62.2 Å². The Bertz CT molecular complexity index is 584. The fourth-order valence-electron chi connectivity index (χ4n) is 1.67. The molecule has 5 heteroatoms. The number of hydrogen-bond acceptors (Lipinski definition) is 3. The second-order valence-corrected chi connectivity index (χ2v) is 4.43.